The van der Waals surface area contributed by atoms with E-state index in [1.165, 1.54) is 17.1 Å². The lowest BCUT2D eigenvalue weighted by Crippen LogP contribution is -2.02. The molecule has 8 heteroatoms. The van der Waals surface area contributed by atoms with Crippen LogP contribution in [0, 0.1) is 6.92 Å². The van der Waals surface area contributed by atoms with E-state index >= 15 is 0 Å². The Balaban J connectivity index is 2.25. The van der Waals surface area contributed by atoms with Crippen LogP contribution in [0.4, 0.5) is 0 Å². The van der Waals surface area contributed by atoms with Crippen molar-refractivity contribution in [3.8, 4) is 0 Å². The molecule has 0 saturated carbocycles. The van der Waals surface area contributed by atoms with Crippen LogP contribution in [-0.4, -0.2) is 34.8 Å². The van der Waals surface area contributed by atoms with Crippen molar-refractivity contribution in [2.24, 2.45) is 0 Å². The third-order valence-corrected chi connectivity index (χ3v) is 3.16. The third-order valence-electron chi connectivity index (χ3n) is 2.10. The Kier molecular flexibility index (Phi) is 2.50. The van der Waals surface area contributed by atoms with Crippen molar-refractivity contribution in [3.05, 3.63) is 23.8 Å². The lowest BCUT2D eigenvalue weighted by Gasteiger charge is -1.96. The van der Waals surface area contributed by atoms with E-state index in [2.05, 4.69) is 20.0 Å². The molecule has 2 aromatic heterocycles. The first-order valence-corrected chi connectivity index (χ1v) is 6.36. The Labute approximate surface area is 92.0 Å². The summed E-state index contributed by atoms with van der Waals surface area (Å²) in [6.45, 7) is 2.09. The summed E-state index contributed by atoms with van der Waals surface area (Å²) in [7, 11) is -3.21. The monoisotopic (exact) mass is 242 g/mol. The van der Waals surface area contributed by atoms with Gasteiger partial charge in [0.15, 0.2) is 9.84 Å². The highest BCUT2D eigenvalue weighted by molar-refractivity contribution is 7.90. The topological polar surface area (TPSA) is 90.9 Å². The van der Waals surface area contributed by atoms with E-state index in [1.807, 2.05) is 0 Å². The second kappa shape index (κ2) is 3.71. The maximum atomic E-state index is 11.2. The van der Waals surface area contributed by atoms with Gasteiger partial charge in [-0.25, -0.2) is 13.0 Å². The Hall–Kier alpha value is -1.70. The van der Waals surface area contributed by atoms with Crippen LogP contribution >= 0.6 is 0 Å². The molecule has 0 amide bonds. The lowest BCUT2D eigenvalue weighted by atomic mass is 10.3. The first kappa shape index (κ1) is 10.8. The number of sulfone groups is 1. The largest absolute Gasteiger partial charge is 0.265 e. The zero-order valence-corrected chi connectivity index (χ0v) is 9.60. The molecular weight excluding hydrogens is 232 g/mol. The van der Waals surface area contributed by atoms with E-state index in [4.69, 9.17) is 0 Å². The highest BCUT2D eigenvalue weighted by atomic mass is 32.2. The van der Waals surface area contributed by atoms with Crippen LogP contribution in [0.25, 0.3) is 0 Å². The van der Waals surface area contributed by atoms with Gasteiger partial charge >= 0.3 is 0 Å². The van der Waals surface area contributed by atoms with Crippen LogP contribution in [0.3, 0.4) is 0 Å². The Morgan fingerprint density at radius 3 is 2.69 bits per heavy atom. The molecule has 2 rings (SSSR count). The molecule has 0 aliphatic rings. The number of hydrogen-bond donors (Lipinski definition) is 0. The summed E-state index contributed by atoms with van der Waals surface area (Å²) in [6.07, 6.45) is 3.89. The van der Waals surface area contributed by atoms with Crippen molar-refractivity contribution < 1.29 is 13.0 Å². The molecule has 0 saturated heterocycles. The molecule has 0 bridgehead atoms. The normalized spacial score (nSPS) is 11.9. The predicted molar refractivity (Wildman–Crippen MR) is 53.5 cm³/mol. The number of nitrogens with zero attached hydrogens (tertiary/aromatic N) is 4. The number of aromatic nitrogens is 4. The van der Waals surface area contributed by atoms with Crippen LogP contribution < -0.4 is 0 Å². The van der Waals surface area contributed by atoms with E-state index in [1.54, 1.807) is 6.92 Å². The van der Waals surface area contributed by atoms with Gasteiger partial charge < -0.3 is 0 Å². The summed E-state index contributed by atoms with van der Waals surface area (Å²) >= 11 is 0. The molecule has 0 spiro atoms. The number of aryl methyl sites for hydroxylation is 1. The van der Waals surface area contributed by atoms with Crippen molar-refractivity contribution in [1.29, 1.82) is 0 Å². The van der Waals surface area contributed by atoms with Crippen molar-refractivity contribution in [2.45, 2.75) is 18.4 Å². The molecule has 0 atom stereocenters. The Morgan fingerprint density at radius 2 is 2.19 bits per heavy atom. The zero-order valence-electron chi connectivity index (χ0n) is 8.78. The fourth-order valence-electron chi connectivity index (χ4n) is 1.17. The minimum absolute atomic E-state index is 0.182. The van der Waals surface area contributed by atoms with Gasteiger partial charge in [0.1, 0.15) is 16.3 Å². The summed E-state index contributed by atoms with van der Waals surface area (Å²) in [5.74, 6) is 0. The van der Waals surface area contributed by atoms with Crippen LogP contribution in [0.1, 0.15) is 11.4 Å². The van der Waals surface area contributed by atoms with Gasteiger partial charge in [-0.3, -0.25) is 4.68 Å². The molecule has 86 valence electrons. The van der Waals surface area contributed by atoms with E-state index in [0.29, 0.717) is 17.9 Å². The minimum Gasteiger partial charge on any atom is -0.265 e. The van der Waals surface area contributed by atoms with Crippen molar-refractivity contribution >= 4 is 9.84 Å². The van der Waals surface area contributed by atoms with Crippen LogP contribution in [-0.2, 0) is 16.4 Å². The van der Waals surface area contributed by atoms with Gasteiger partial charge in [0.05, 0.1) is 12.7 Å². The molecule has 0 unspecified atom stereocenters. The van der Waals surface area contributed by atoms with Crippen LogP contribution in [0.5, 0.6) is 0 Å². The fourth-order valence-corrected chi connectivity index (χ4v) is 1.72. The summed E-state index contributed by atoms with van der Waals surface area (Å²) in [5, 5.41) is 11.2. The van der Waals surface area contributed by atoms with E-state index in [-0.39, 0.29) is 4.90 Å². The molecular formula is C8H10N4O3S. The molecule has 0 aliphatic carbocycles. The maximum Gasteiger partial charge on any atom is 0.178 e. The summed E-state index contributed by atoms with van der Waals surface area (Å²) in [5.41, 5.74) is 1.29. The van der Waals surface area contributed by atoms with Gasteiger partial charge in [0.2, 0.25) is 0 Å². The number of hydrogen-bond acceptors (Lipinski definition) is 6. The van der Waals surface area contributed by atoms with Gasteiger partial charge in [-0.15, -0.1) is 0 Å². The molecule has 0 N–H and O–H groups in total. The van der Waals surface area contributed by atoms with E-state index in [9.17, 15) is 8.42 Å². The molecule has 0 aliphatic heterocycles. The first-order chi connectivity index (χ1) is 7.47. The molecule has 2 aromatic rings. The maximum absolute atomic E-state index is 11.2. The molecule has 0 radical (unpaired) electrons. The molecule has 7 nitrogen and oxygen atoms in total. The van der Waals surface area contributed by atoms with Gasteiger partial charge in [-0.2, -0.15) is 5.10 Å². The van der Waals surface area contributed by atoms with Gasteiger partial charge in [-0.1, -0.05) is 10.3 Å². The first-order valence-electron chi connectivity index (χ1n) is 4.47. The highest BCUT2D eigenvalue weighted by Crippen LogP contribution is 2.08. The molecule has 0 aromatic carbocycles. The van der Waals surface area contributed by atoms with E-state index in [0.717, 1.165) is 6.26 Å². The SMILES string of the molecule is Cc1nonc1Cn1cc(S(C)(=O)=O)cn1. The quantitative estimate of drug-likeness (QED) is 0.754. The Morgan fingerprint density at radius 1 is 1.44 bits per heavy atom. The van der Waals surface area contributed by atoms with Gasteiger partial charge in [0.25, 0.3) is 0 Å². The average molecular weight is 242 g/mol. The van der Waals surface area contributed by atoms with Crippen molar-refractivity contribution in [2.75, 3.05) is 6.26 Å². The van der Waals surface area contributed by atoms with Crippen LogP contribution in [0.2, 0.25) is 0 Å². The molecule has 2 heterocycles. The second-order valence-electron chi connectivity index (χ2n) is 3.44. The van der Waals surface area contributed by atoms with Gasteiger partial charge in [-0.05, 0) is 6.92 Å². The average Bonchev–Trinajstić information content (AvgIpc) is 2.76. The van der Waals surface area contributed by atoms with Crippen LogP contribution in [0.15, 0.2) is 21.9 Å². The van der Waals surface area contributed by atoms with Gasteiger partial charge in [0, 0.05) is 12.5 Å². The molecule has 0 fully saturated rings. The van der Waals surface area contributed by atoms with Crippen molar-refractivity contribution in [3.63, 3.8) is 0 Å². The van der Waals surface area contributed by atoms with Crippen molar-refractivity contribution in [1.82, 2.24) is 20.1 Å². The minimum atomic E-state index is -3.21. The standard InChI is InChI=1S/C8H10N4O3S/c1-6-8(11-15-10-6)5-12-4-7(3-9-12)16(2,13)14/h3-4H,5H2,1-2H3. The second-order valence-corrected chi connectivity index (χ2v) is 5.46. The summed E-state index contributed by atoms with van der Waals surface area (Å²) < 4.78 is 28.4. The lowest BCUT2D eigenvalue weighted by molar-refractivity contribution is 0.300. The summed E-state index contributed by atoms with van der Waals surface area (Å²) in [4.78, 5) is 0.182. The number of rotatable bonds is 3. The fraction of sp³-hybridized carbons (Fsp3) is 0.375. The predicted octanol–water partition coefficient (Wildman–Crippen LogP) is 0.0263. The summed E-state index contributed by atoms with van der Waals surface area (Å²) in [6, 6.07) is 0. The Bertz CT molecular complexity index is 598. The zero-order chi connectivity index (χ0) is 11.8. The van der Waals surface area contributed by atoms with E-state index < -0.39 is 9.84 Å². The third kappa shape index (κ3) is 2.11. The smallest absolute Gasteiger partial charge is 0.178 e. The molecule has 16 heavy (non-hydrogen) atoms. The highest BCUT2D eigenvalue weighted by Gasteiger charge is 2.12.